The lowest BCUT2D eigenvalue weighted by Gasteiger charge is -2.45. The molecule has 1 aromatic carbocycles. The fourth-order valence-electron chi connectivity index (χ4n) is 3.85. The van der Waals surface area contributed by atoms with Crippen LogP contribution in [-0.2, 0) is 6.42 Å². The van der Waals surface area contributed by atoms with Crippen molar-refractivity contribution in [1.82, 2.24) is 4.90 Å². The van der Waals surface area contributed by atoms with Gasteiger partial charge in [-0.05, 0) is 55.3 Å². The average Bonchev–Trinajstić information content (AvgIpc) is 2.49. The summed E-state index contributed by atoms with van der Waals surface area (Å²) in [5, 5.41) is 10.7. The Kier molecular flexibility index (Phi) is 3.87. The number of benzene rings is 1. The first-order valence-electron chi connectivity index (χ1n) is 8.13. The average molecular weight is 273 g/mol. The first kappa shape index (κ1) is 14.1. The summed E-state index contributed by atoms with van der Waals surface area (Å²) in [6, 6.07) is 8.73. The minimum Gasteiger partial charge on any atom is -0.387 e. The van der Waals surface area contributed by atoms with Crippen molar-refractivity contribution in [3.05, 3.63) is 35.4 Å². The van der Waals surface area contributed by atoms with Gasteiger partial charge >= 0.3 is 0 Å². The summed E-state index contributed by atoms with van der Waals surface area (Å²) >= 11 is 0. The van der Waals surface area contributed by atoms with E-state index in [0.29, 0.717) is 11.5 Å². The van der Waals surface area contributed by atoms with E-state index >= 15 is 0 Å². The van der Waals surface area contributed by atoms with Crippen molar-refractivity contribution in [3.8, 4) is 0 Å². The van der Waals surface area contributed by atoms with Crippen LogP contribution in [0.2, 0.25) is 0 Å². The quantitative estimate of drug-likeness (QED) is 0.891. The van der Waals surface area contributed by atoms with Gasteiger partial charge in [0.15, 0.2) is 0 Å². The second kappa shape index (κ2) is 5.50. The number of aryl methyl sites for hydroxylation is 1. The zero-order valence-corrected chi connectivity index (χ0v) is 12.8. The molecule has 3 rings (SSSR count). The van der Waals surface area contributed by atoms with Gasteiger partial charge in [-0.15, -0.1) is 0 Å². The lowest BCUT2D eigenvalue weighted by atomic mass is 9.76. The lowest BCUT2D eigenvalue weighted by molar-refractivity contribution is 0.00140. The molecule has 1 aliphatic heterocycles. The van der Waals surface area contributed by atoms with Gasteiger partial charge in [-0.2, -0.15) is 0 Å². The Morgan fingerprint density at radius 3 is 2.65 bits per heavy atom. The molecule has 1 N–H and O–H groups in total. The largest absolute Gasteiger partial charge is 0.387 e. The molecule has 0 radical (unpaired) electrons. The zero-order chi connectivity index (χ0) is 14.2. The van der Waals surface area contributed by atoms with Gasteiger partial charge in [-0.25, -0.2) is 0 Å². The van der Waals surface area contributed by atoms with Crippen LogP contribution in [0.3, 0.4) is 0 Å². The van der Waals surface area contributed by atoms with E-state index in [1.165, 1.54) is 24.8 Å². The molecule has 0 bridgehead atoms. The number of rotatable bonds is 2. The Labute approximate surface area is 122 Å². The fourth-order valence-corrected chi connectivity index (χ4v) is 3.85. The van der Waals surface area contributed by atoms with Crippen molar-refractivity contribution in [3.63, 3.8) is 0 Å². The van der Waals surface area contributed by atoms with Crippen LogP contribution in [0.25, 0.3) is 0 Å². The van der Waals surface area contributed by atoms with Gasteiger partial charge < -0.3 is 5.11 Å². The second-order valence-electron chi connectivity index (χ2n) is 6.95. The number of hydrogen-bond acceptors (Lipinski definition) is 2. The van der Waals surface area contributed by atoms with Crippen LogP contribution in [0.1, 0.15) is 56.8 Å². The Morgan fingerprint density at radius 1 is 1.25 bits per heavy atom. The first-order valence-corrected chi connectivity index (χ1v) is 8.13. The van der Waals surface area contributed by atoms with Crippen molar-refractivity contribution >= 4 is 0 Å². The molecule has 1 saturated heterocycles. The second-order valence-corrected chi connectivity index (χ2v) is 6.95. The van der Waals surface area contributed by atoms with Crippen LogP contribution in [0, 0.1) is 5.41 Å². The highest BCUT2D eigenvalue weighted by Gasteiger charge is 2.36. The van der Waals surface area contributed by atoms with Gasteiger partial charge in [0.1, 0.15) is 0 Å². The molecule has 0 aromatic heterocycles. The molecule has 2 unspecified atom stereocenters. The first-order chi connectivity index (χ1) is 9.63. The van der Waals surface area contributed by atoms with Crippen molar-refractivity contribution in [2.75, 3.05) is 13.1 Å². The summed E-state index contributed by atoms with van der Waals surface area (Å²) in [6.07, 6.45) is 5.73. The maximum absolute atomic E-state index is 10.7. The highest BCUT2D eigenvalue weighted by Crippen LogP contribution is 2.39. The molecule has 1 fully saturated rings. The van der Waals surface area contributed by atoms with E-state index in [0.717, 1.165) is 31.5 Å². The maximum Gasteiger partial charge on any atom is 0.0947 e. The number of aliphatic hydroxyl groups is 1. The molecule has 2 heteroatoms. The number of fused-ring (bicyclic) bond motifs is 1. The summed E-state index contributed by atoms with van der Waals surface area (Å²) in [4.78, 5) is 2.54. The maximum atomic E-state index is 10.7. The summed E-state index contributed by atoms with van der Waals surface area (Å²) < 4.78 is 0. The Hall–Kier alpha value is -0.860. The minimum absolute atomic E-state index is 0.300. The lowest BCUT2D eigenvalue weighted by Crippen LogP contribution is -2.48. The molecule has 1 aliphatic carbocycles. The molecule has 0 spiro atoms. The van der Waals surface area contributed by atoms with E-state index in [9.17, 15) is 5.11 Å². The van der Waals surface area contributed by atoms with E-state index in [4.69, 9.17) is 0 Å². The van der Waals surface area contributed by atoms with Gasteiger partial charge in [0.2, 0.25) is 0 Å². The van der Waals surface area contributed by atoms with E-state index in [1.807, 2.05) is 0 Å². The normalized spacial score (nSPS) is 29.9. The molecule has 0 saturated carbocycles. The highest BCUT2D eigenvalue weighted by atomic mass is 16.3. The fraction of sp³-hybridized carbons (Fsp3) is 0.667. The number of likely N-dealkylation sites (tertiary alicyclic amines) is 1. The van der Waals surface area contributed by atoms with Crippen LogP contribution in [0.15, 0.2) is 24.3 Å². The third-order valence-electron chi connectivity index (χ3n) is 5.78. The Morgan fingerprint density at radius 2 is 1.95 bits per heavy atom. The van der Waals surface area contributed by atoms with E-state index in [1.54, 1.807) is 0 Å². The van der Waals surface area contributed by atoms with Gasteiger partial charge in [0, 0.05) is 6.04 Å². The molecule has 110 valence electrons. The standard InChI is InChI=1S/C18H27NO/c1-3-18(2)10-12-19(13-11-18)16-9-8-14-6-4-5-7-15(14)17(16)20/h4-7,16-17,20H,3,8-13H2,1-2H3. The smallest absolute Gasteiger partial charge is 0.0947 e. The molecule has 20 heavy (non-hydrogen) atoms. The Balaban J connectivity index is 1.71. The van der Waals surface area contributed by atoms with Crippen LogP contribution < -0.4 is 0 Å². The summed E-state index contributed by atoms with van der Waals surface area (Å²) in [5.74, 6) is 0. The van der Waals surface area contributed by atoms with Crippen molar-refractivity contribution in [2.45, 2.75) is 58.1 Å². The van der Waals surface area contributed by atoms with Crippen molar-refractivity contribution < 1.29 is 5.11 Å². The molecule has 2 atom stereocenters. The van der Waals surface area contributed by atoms with E-state index < -0.39 is 0 Å². The van der Waals surface area contributed by atoms with Crippen LogP contribution in [0.5, 0.6) is 0 Å². The summed E-state index contributed by atoms with van der Waals surface area (Å²) in [7, 11) is 0. The van der Waals surface area contributed by atoms with Gasteiger partial charge in [-0.1, -0.05) is 44.5 Å². The Bertz CT molecular complexity index is 462. The topological polar surface area (TPSA) is 23.5 Å². The predicted molar refractivity (Wildman–Crippen MR) is 82.7 cm³/mol. The van der Waals surface area contributed by atoms with Crippen LogP contribution in [-0.4, -0.2) is 29.1 Å². The molecule has 1 aromatic rings. The van der Waals surface area contributed by atoms with E-state index in [-0.39, 0.29) is 6.10 Å². The summed E-state index contributed by atoms with van der Waals surface area (Å²) in [6.45, 7) is 7.01. The molecular formula is C18H27NO. The minimum atomic E-state index is -0.300. The van der Waals surface area contributed by atoms with Crippen molar-refractivity contribution in [2.24, 2.45) is 5.41 Å². The highest BCUT2D eigenvalue weighted by molar-refractivity contribution is 5.32. The van der Waals surface area contributed by atoms with E-state index in [2.05, 4.69) is 43.0 Å². The SMILES string of the molecule is CCC1(C)CCN(C2CCc3ccccc3C2O)CC1. The number of hydrogen-bond donors (Lipinski definition) is 1. The zero-order valence-electron chi connectivity index (χ0n) is 12.8. The monoisotopic (exact) mass is 273 g/mol. The number of aliphatic hydroxyl groups excluding tert-OH is 1. The number of piperidine rings is 1. The molecule has 2 aliphatic rings. The predicted octanol–water partition coefficient (Wildman–Crippen LogP) is 3.55. The third-order valence-corrected chi connectivity index (χ3v) is 5.78. The van der Waals surface area contributed by atoms with Crippen LogP contribution in [0.4, 0.5) is 0 Å². The third kappa shape index (κ3) is 2.51. The molecule has 2 nitrogen and oxygen atoms in total. The van der Waals surface area contributed by atoms with Gasteiger partial charge in [0.25, 0.3) is 0 Å². The van der Waals surface area contributed by atoms with Gasteiger partial charge in [0.05, 0.1) is 6.10 Å². The van der Waals surface area contributed by atoms with Gasteiger partial charge in [-0.3, -0.25) is 4.90 Å². The molecule has 0 amide bonds. The number of nitrogens with zero attached hydrogens (tertiary/aromatic N) is 1. The summed E-state index contributed by atoms with van der Waals surface area (Å²) in [5.41, 5.74) is 3.02. The van der Waals surface area contributed by atoms with Crippen molar-refractivity contribution in [1.29, 1.82) is 0 Å². The van der Waals surface area contributed by atoms with Crippen LogP contribution >= 0.6 is 0 Å². The molecule has 1 heterocycles. The molecular weight excluding hydrogens is 246 g/mol.